The van der Waals surface area contributed by atoms with Gasteiger partial charge < -0.3 is 4.57 Å². The zero-order valence-corrected chi connectivity index (χ0v) is 13.2. The Balaban J connectivity index is 0.000000405. The smallest absolute Gasteiger partial charge is 0.0560 e. The molecule has 2 heterocycles. The molecule has 1 aliphatic heterocycles. The molecule has 0 radical (unpaired) electrons. The molecular weight excluding hydrogens is 246 g/mol. The second kappa shape index (κ2) is 8.54. The third-order valence-electron chi connectivity index (χ3n) is 2.53. The highest BCUT2D eigenvalue weighted by atomic mass is 28.2. The highest BCUT2D eigenvalue weighted by Gasteiger charge is 2.15. The van der Waals surface area contributed by atoms with E-state index in [1.54, 1.807) is 6.08 Å². The molecule has 0 unspecified atom stereocenters. The maximum Gasteiger partial charge on any atom is 0.0560 e. The fourth-order valence-corrected chi connectivity index (χ4v) is 1.97. The summed E-state index contributed by atoms with van der Waals surface area (Å²) in [5.41, 5.74) is 3.90. The Bertz CT molecular complexity index is 537. The van der Waals surface area contributed by atoms with E-state index < -0.39 is 0 Å². The Kier molecular flexibility index (Phi) is 7.85. The van der Waals surface area contributed by atoms with E-state index in [0.29, 0.717) is 9.52 Å². The van der Waals surface area contributed by atoms with Crippen LogP contribution in [0.5, 0.6) is 0 Å². The van der Waals surface area contributed by atoms with Gasteiger partial charge in [0.05, 0.1) is 5.52 Å². The molecule has 0 saturated heterocycles. The predicted molar refractivity (Wildman–Crippen MR) is 93.8 cm³/mol. The molecule has 19 heavy (non-hydrogen) atoms. The zero-order valence-electron chi connectivity index (χ0n) is 11.7. The van der Waals surface area contributed by atoms with Crippen LogP contribution in [0, 0.1) is 0 Å². The van der Waals surface area contributed by atoms with E-state index in [4.69, 9.17) is 0 Å². The summed E-state index contributed by atoms with van der Waals surface area (Å²) in [4.78, 5) is 0. The van der Waals surface area contributed by atoms with Gasteiger partial charge in [-0.25, -0.2) is 0 Å². The average molecular weight is 273 g/mol. The van der Waals surface area contributed by atoms with Crippen LogP contribution in [0.15, 0.2) is 49.7 Å². The van der Waals surface area contributed by atoms with Crippen LogP contribution in [-0.2, 0) is 6.54 Å². The molecule has 0 atom stereocenters. The first-order valence-electron chi connectivity index (χ1n) is 6.52. The second-order valence-corrected chi connectivity index (χ2v) is 5.82. The van der Waals surface area contributed by atoms with Crippen LogP contribution in [0.25, 0.3) is 16.5 Å². The molecule has 2 heteroatoms. The van der Waals surface area contributed by atoms with E-state index in [1.165, 1.54) is 22.0 Å². The minimum Gasteiger partial charge on any atom is -0.343 e. The average Bonchev–Trinajstić information content (AvgIpc) is 2.88. The normalized spacial score (nSPS) is 10.8. The van der Waals surface area contributed by atoms with Crippen LogP contribution >= 0.6 is 0 Å². The van der Waals surface area contributed by atoms with Crippen molar-refractivity contribution in [3.8, 4) is 0 Å². The number of hydrogen-bond acceptors (Lipinski definition) is 0. The molecule has 0 N–H and O–H groups in total. The van der Waals surface area contributed by atoms with Gasteiger partial charge in [0, 0.05) is 33.2 Å². The molecule has 0 bridgehead atoms. The first-order valence-corrected chi connectivity index (χ1v) is 9.35. The topological polar surface area (TPSA) is 4.93 Å². The largest absolute Gasteiger partial charge is 0.343 e. The van der Waals surface area contributed by atoms with E-state index in [1.807, 2.05) is 6.92 Å². The number of rotatable bonds is 0. The van der Waals surface area contributed by atoms with Gasteiger partial charge in [0.25, 0.3) is 0 Å². The van der Waals surface area contributed by atoms with Crippen molar-refractivity contribution in [3.63, 3.8) is 0 Å². The van der Waals surface area contributed by atoms with Crippen molar-refractivity contribution >= 4 is 26.0 Å². The number of aromatic nitrogens is 1. The number of allylic oxidation sites excluding steroid dienone is 2. The molecule has 0 saturated carbocycles. The molecule has 3 rings (SSSR count). The number of hydrogen-bond donors (Lipinski definition) is 0. The van der Waals surface area contributed by atoms with Crippen LogP contribution in [0.4, 0.5) is 0 Å². The molecule has 0 spiro atoms. The minimum absolute atomic E-state index is 0. The van der Waals surface area contributed by atoms with Crippen LogP contribution in [0.3, 0.4) is 0 Å². The van der Waals surface area contributed by atoms with Crippen molar-refractivity contribution in [1.82, 2.24) is 4.57 Å². The fourth-order valence-electron chi connectivity index (χ4n) is 1.97. The summed E-state index contributed by atoms with van der Waals surface area (Å²) >= 11 is 0. The second-order valence-electron chi connectivity index (χ2n) is 4.41. The van der Waals surface area contributed by atoms with E-state index in [9.17, 15) is 0 Å². The summed E-state index contributed by atoms with van der Waals surface area (Å²) in [5.74, 6) is 0. The first-order chi connectivity index (χ1) is 8.69. The standard InChI is InChI=1S/C11H9N.C3H6.C2H8Si.CH4/c1-8-7-12-6-5-9-3-2-4-10(8)11(9)12;2*1-3-2;/h2-6H,1,7H2;3H,1H2,2H3;3H2,1-2H3;1H4. The maximum absolute atomic E-state index is 4.05. The Morgan fingerprint density at radius 3 is 2.42 bits per heavy atom. The van der Waals surface area contributed by atoms with Crippen LogP contribution in [0.1, 0.15) is 19.9 Å². The number of para-hydroxylation sites is 1. The van der Waals surface area contributed by atoms with Crippen LogP contribution < -0.4 is 0 Å². The monoisotopic (exact) mass is 273 g/mol. The predicted octanol–water partition coefficient (Wildman–Crippen LogP) is 4.75. The van der Waals surface area contributed by atoms with Crippen molar-refractivity contribution in [2.24, 2.45) is 0 Å². The molecule has 1 nitrogen and oxygen atoms in total. The summed E-state index contributed by atoms with van der Waals surface area (Å²) in [5, 5.41) is 1.33. The minimum atomic E-state index is 0. The van der Waals surface area contributed by atoms with Gasteiger partial charge in [0.2, 0.25) is 0 Å². The van der Waals surface area contributed by atoms with E-state index in [-0.39, 0.29) is 7.43 Å². The lowest BCUT2D eigenvalue weighted by atomic mass is 10.1. The van der Waals surface area contributed by atoms with E-state index in [2.05, 4.69) is 61.3 Å². The molecular formula is C17H27NSi. The van der Waals surface area contributed by atoms with Crippen LogP contribution in [0.2, 0.25) is 13.1 Å². The first kappa shape index (κ1) is 17.5. The quantitative estimate of drug-likeness (QED) is 0.482. The molecule has 104 valence electrons. The Labute approximate surface area is 120 Å². The summed E-state index contributed by atoms with van der Waals surface area (Å²) in [7, 11) is 0.417. The molecule has 1 aromatic heterocycles. The van der Waals surface area contributed by atoms with Crippen molar-refractivity contribution in [2.45, 2.75) is 34.0 Å². The van der Waals surface area contributed by atoms with Crippen molar-refractivity contribution in [1.29, 1.82) is 0 Å². The lowest BCUT2D eigenvalue weighted by Gasteiger charge is -1.94. The van der Waals surface area contributed by atoms with Gasteiger partial charge in [-0.15, -0.1) is 6.58 Å². The van der Waals surface area contributed by atoms with Gasteiger partial charge in [0.15, 0.2) is 0 Å². The molecule has 1 aliphatic rings. The molecule has 0 fully saturated rings. The zero-order chi connectivity index (χ0) is 13.5. The summed E-state index contributed by atoms with van der Waals surface area (Å²) in [6, 6.07) is 8.55. The third kappa shape index (κ3) is 3.96. The SMILES string of the molecule is C.C=C1Cn2ccc3cccc1c32.C=CC.C[SiH2]C. The van der Waals surface area contributed by atoms with Crippen LogP contribution in [-0.4, -0.2) is 14.1 Å². The number of benzene rings is 1. The van der Waals surface area contributed by atoms with Crippen molar-refractivity contribution in [3.05, 3.63) is 55.3 Å². The molecule has 1 aromatic carbocycles. The molecule has 0 amide bonds. The van der Waals surface area contributed by atoms with E-state index >= 15 is 0 Å². The number of nitrogens with zero attached hydrogens (tertiary/aromatic N) is 1. The highest BCUT2D eigenvalue weighted by Crippen LogP contribution is 2.32. The fraction of sp³-hybridized carbons (Fsp3) is 0.294. The Hall–Kier alpha value is -1.54. The van der Waals surface area contributed by atoms with Gasteiger partial charge in [-0.1, -0.05) is 51.4 Å². The van der Waals surface area contributed by atoms with Crippen molar-refractivity contribution in [2.75, 3.05) is 0 Å². The summed E-state index contributed by atoms with van der Waals surface area (Å²) < 4.78 is 2.26. The molecule has 2 aromatic rings. The Morgan fingerprint density at radius 2 is 1.84 bits per heavy atom. The van der Waals surface area contributed by atoms with E-state index in [0.717, 1.165) is 6.54 Å². The lowest BCUT2D eigenvalue weighted by Crippen LogP contribution is -1.85. The highest BCUT2D eigenvalue weighted by molar-refractivity contribution is 6.31. The lowest BCUT2D eigenvalue weighted by molar-refractivity contribution is 0.909. The van der Waals surface area contributed by atoms with Gasteiger partial charge in [-0.2, -0.15) is 0 Å². The van der Waals surface area contributed by atoms with Gasteiger partial charge >= 0.3 is 0 Å². The van der Waals surface area contributed by atoms with Gasteiger partial charge in [-0.3, -0.25) is 0 Å². The van der Waals surface area contributed by atoms with Crippen molar-refractivity contribution < 1.29 is 0 Å². The molecule has 0 aliphatic carbocycles. The van der Waals surface area contributed by atoms with Gasteiger partial charge in [-0.05, 0) is 18.6 Å². The third-order valence-corrected chi connectivity index (χ3v) is 2.53. The Morgan fingerprint density at radius 1 is 1.26 bits per heavy atom. The summed E-state index contributed by atoms with van der Waals surface area (Å²) in [6.07, 6.45) is 3.88. The maximum atomic E-state index is 4.05. The van der Waals surface area contributed by atoms with Gasteiger partial charge in [0.1, 0.15) is 0 Å². The summed E-state index contributed by atoms with van der Waals surface area (Å²) in [6.45, 7) is 14.8.